The SMILES string of the molecule is CC(C)(C)c1cc(CCC(=O)N2CC(S(=O)(=O)c3ccc(F)cc3)C2)cc(C(C)(C)C)c1. The fourth-order valence-corrected chi connectivity index (χ4v) is 5.42. The molecule has 0 saturated carbocycles. The van der Waals surface area contributed by atoms with Crippen LogP contribution in [0.25, 0.3) is 0 Å². The molecule has 1 fully saturated rings. The highest BCUT2D eigenvalue weighted by Gasteiger charge is 2.40. The number of rotatable bonds is 5. The van der Waals surface area contributed by atoms with Gasteiger partial charge >= 0.3 is 0 Å². The molecule has 0 N–H and O–H groups in total. The number of nitrogens with zero attached hydrogens (tertiary/aromatic N) is 1. The van der Waals surface area contributed by atoms with Crippen LogP contribution in [0, 0.1) is 5.82 Å². The van der Waals surface area contributed by atoms with E-state index < -0.39 is 20.9 Å². The van der Waals surface area contributed by atoms with Crippen LogP contribution in [0.3, 0.4) is 0 Å². The Morgan fingerprint density at radius 1 is 0.938 bits per heavy atom. The summed E-state index contributed by atoms with van der Waals surface area (Å²) >= 11 is 0. The normalized spacial score (nSPS) is 15.5. The molecule has 4 nitrogen and oxygen atoms in total. The van der Waals surface area contributed by atoms with Gasteiger partial charge in [0, 0.05) is 19.5 Å². The Balaban J connectivity index is 1.64. The summed E-state index contributed by atoms with van der Waals surface area (Å²) in [6.45, 7) is 13.5. The van der Waals surface area contributed by atoms with Gasteiger partial charge in [-0.3, -0.25) is 4.79 Å². The van der Waals surface area contributed by atoms with Gasteiger partial charge in [-0.2, -0.15) is 0 Å². The van der Waals surface area contributed by atoms with Gasteiger partial charge in [-0.05, 0) is 58.2 Å². The molecule has 2 aromatic rings. The number of sulfone groups is 1. The summed E-state index contributed by atoms with van der Waals surface area (Å²) in [5.41, 5.74) is 3.66. The molecule has 0 spiro atoms. The summed E-state index contributed by atoms with van der Waals surface area (Å²) in [4.78, 5) is 14.4. The summed E-state index contributed by atoms with van der Waals surface area (Å²) in [6, 6.07) is 11.5. The van der Waals surface area contributed by atoms with Crippen LogP contribution >= 0.6 is 0 Å². The van der Waals surface area contributed by atoms with Crippen LogP contribution in [-0.2, 0) is 31.9 Å². The third-order valence-corrected chi connectivity index (χ3v) is 8.24. The van der Waals surface area contributed by atoms with Gasteiger partial charge in [0.25, 0.3) is 0 Å². The third kappa shape index (κ3) is 5.40. The molecule has 1 aliphatic rings. The van der Waals surface area contributed by atoms with E-state index >= 15 is 0 Å². The van der Waals surface area contributed by atoms with Crippen molar-refractivity contribution >= 4 is 15.7 Å². The third-order valence-electron chi connectivity index (χ3n) is 6.13. The van der Waals surface area contributed by atoms with E-state index in [-0.39, 0.29) is 34.7 Å². The van der Waals surface area contributed by atoms with Crippen molar-refractivity contribution in [3.05, 3.63) is 65.0 Å². The molecule has 174 valence electrons. The highest BCUT2D eigenvalue weighted by Crippen LogP contribution is 2.31. The minimum absolute atomic E-state index is 0.0133. The summed E-state index contributed by atoms with van der Waals surface area (Å²) < 4.78 is 38.4. The summed E-state index contributed by atoms with van der Waals surface area (Å²) in [5.74, 6) is -0.506. The minimum Gasteiger partial charge on any atom is -0.340 e. The fourth-order valence-electron chi connectivity index (χ4n) is 3.77. The number of amides is 1. The van der Waals surface area contributed by atoms with Crippen LogP contribution in [0.15, 0.2) is 47.4 Å². The first kappa shape index (κ1) is 24.4. The Morgan fingerprint density at radius 3 is 1.91 bits per heavy atom. The Morgan fingerprint density at radius 2 is 1.44 bits per heavy atom. The molecule has 32 heavy (non-hydrogen) atoms. The number of carbonyl (C=O) groups is 1. The molecular formula is C26H34FNO3S. The van der Waals surface area contributed by atoms with Crippen molar-refractivity contribution < 1.29 is 17.6 Å². The first-order valence-corrected chi connectivity index (χ1v) is 12.6. The van der Waals surface area contributed by atoms with Crippen LogP contribution in [-0.4, -0.2) is 37.6 Å². The van der Waals surface area contributed by atoms with Crippen molar-refractivity contribution in [2.24, 2.45) is 0 Å². The van der Waals surface area contributed by atoms with E-state index in [0.717, 1.165) is 17.7 Å². The van der Waals surface area contributed by atoms with Gasteiger partial charge in [0.15, 0.2) is 9.84 Å². The lowest BCUT2D eigenvalue weighted by molar-refractivity contribution is -0.134. The second kappa shape index (κ2) is 8.62. The van der Waals surface area contributed by atoms with Gasteiger partial charge in [-0.25, -0.2) is 12.8 Å². The quantitative estimate of drug-likeness (QED) is 0.589. The number of aryl methyl sites for hydroxylation is 1. The van der Waals surface area contributed by atoms with Crippen LogP contribution in [0.5, 0.6) is 0 Å². The topological polar surface area (TPSA) is 54.5 Å². The van der Waals surface area contributed by atoms with E-state index in [1.54, 1.807) is 4.90 Å². The van der Waals surface area contributed by atoms with E-state index in [1.165, 1.54) is 23.3 Å². The van der Waals surface area contributed by atoms with Gasteiger partial charge in [0.1, 0.15) is 11.1 Å². The Hall–Kier alpha value is -2.21. The maximum absolute atomic E-state index is 13.1. The van der Waals surface area contributed by atoms with Crippen LogP contribution < -0.4 is 0 Å². The largest absolute Gasteiger partial charge is 0.340 e. The lowest BCUT2D eigenvalue weighted by atomic mass is 9.79. The van der Waals surface area contributed by atoms with Gasteiger partial charge in [-0.15, -0.1) is 0 Å². The molecule has 1 heterocycles. The van der Waals surface area contributed by atoms with Gasteiger partial charge in [0.05, 0.1) is 4.90 Å². The van der Waals surface area contributed by atoms with E-state index in [4.69, 9.17) is 0 Å². The number of halogens is 1. The first-order valence-electron chi connectivity index (χ1n) is 11.1. The zero-order chi connectivity index (χ0) is 23.9. The molecule has 6 heteroatoms. The van der Waals surface area contributed by atoms with Crippen molar-refractivity contribution in [1.29, 1.82) is 0 Å². The van der Waals surface area contributed by atoms with Crippen molar-refractivity contribution in [2.45, 2.75) is 75.4 Å². The van der Waals surface area contributed by atoms with Gasteiger partial charge in [0.2, 0.25) is 5.91 Å². The average molecular weight is 460 g/mol. The Kier molecular flexibility index (Phi) is 6.58. The highest BCUT2D eigenvalue weighted by atomic mass is 32.2. The number of likely N-dealkylation sites (tertiary alicyclic amines) is 1. The zero-order valence-corrected chi connectivity index (χ0v) is 20.7. The molecule has 1 aliphatic heterocycles. The van der Waals surface area contributed by atoms with Crippen molar-refractivity contribution in [1.82, 2.24) is 4.90 Å². The predicted molar refractivity (Wildman–Crippen MR) is 126 cm³/mol. The van der Waals surface area contributed by atoms with Crippen molar-refractivity contribution in [3.63, 3.8) is 0 Å². The molecule has 1 amide bonds. The number of benzene rings is 2. The fraction of sp³-hybridized carbons (Fsp3) is 0.500. The van der Waals surface area contributed by atoms with Gasteiger partial charge in [-0.1, -0.05) is 59.7 Å². The maximum Gasteiger partial charge on any atom is 0.222 e. The molecule has 0 atom stereocenters. The molecule has 0 aromatic heterocycles. The molecule has 3 rings (SSSR count). The number of carbonyl (C=O) groups excluding carboxylic acids is 1. The summed E-state index contributed by atoms with van der Waals surface area (Å²) in [7, 11) is -3.56. The van der Waals surface area contributed by atoms with E-state index in [2.05, 4.69) is 59.7 Å². The molecule has 2 aromatic carbocycles. The lowest BCUT2D eigenvalue weighted by Crippen LogP contribution is -2.56. The monoisotopic (exact) mass is 459 g/mol. The average Bonchev–Trinajstić information content (AvgIpc) is 2.63. The molecular weight excluding hydrogens is 425 g/mol. The van der Waals surface area contributed by atoms with E-state index in [1.807, 2.05) is 0 Å². The number of hydrogen-bond donors (Lipinski definition) is 0. The minimum atomic E-state index is -3.56. The Bertz CT molecular complexity index is 1060. The van der Waals surface area contributed by atoms with E-state index in [9.17, 15) is 17.6 Å². The van der Waals surface area contributed by atoms with Crippen LogP contribution in [0.2, 0.25) is 0 Å². The van der Waals surface area contributed by atoms with Crippen molar-refractivity contribution in [3.8, 4) is 0 Å². The van der Waals surface area contributed by atoms with Gasteiger partial charge < -0.3 is 4.90 Å². The molecule has 0 aliphatic carbocycles. The second-order valence-corrected chi connectivity index (χ2v) is 13.1. The second-order valence-electron chi connectivity index (χ2n) is 10.8. The smallest absolute Gasteiger partial charge is 0.222 e. The summed E-state index contributed by atoms with van der Waals surface area (Å²) in [6.07, 6.45) is 0.970. The van der Waals surface area contributed by atoms with E-state index in [0.29, 0.717) is 12.8 Å². The first-order chi connectivity index (χ1) is 14.7. The van der Waals surface area contributed by atoms with Crippen molar-refractivity contribution in [2.75, 3.05) is 13.1 Å². The highest BCUT2D eigenvalue weighted by molar-refractivity contribution is 7.92. The molecule has 0 radical (unpaired) electrons. The summed E-state index contributed by atoms with van der Waals surface area (Å²) in [5, 5.41) is -0.631. The maximum atomic E-state index is 13.1. The molecule has 1 saturated heterocycles. The van der Waals surface area contributed by atoms with Crippen LogP contribution in [0.4, 0.5) is 4.39 Å². The van der Waals surface area contributed by atoms with Crippen LogP contribution in [0.1, 0.15) is 64.7 Å². The standard InChI is InChI=1S/C26H34FNO3S/c1-25(2,3)19-13-18(14-20(15-19)26(4,5)6)7-12-24(29)28-16-23(17-28)32(30,31)22-10-8-21(27)9-11-22/h8-11,13-15,23H,7,12,16-17H2,1-6H3. The molecule has 0 bridgehead atoms. The predicted octanol–water partition coefficient (Wildman–Crippen LogP) is 5.04. The zero-order valence-electron chi connectivity index (χ0n) is 19.9. The molecule has 0 unspecified atom stereocenters. The number of hydrogen-bond acceptors (Lipinski definition) is 3. The lowest BCUT2D eigenvalue weighted by Gasteiger charge is -2.38. The Labute approximate surface area is 191 Å².